The summed E-state index contributed by atoms with van der Waals surface area (Å²) in [5.74, 6) is -2.23. The number of amides is 2. The summed E-state index contributed by atoms with van der Waals surface area (Å²) in [6.07, 6.45) is -4.84. The third-order valence-corrected chi connectivity index (χ3v) is 8.76. The van der Waals surface area contributed by atoms with Gasteiger partial charge in [-0.25, -0.2) is 13.4 Å². The van der Waals surface area contributed by atoms with Crippen molar-refractivity contribution in [3.63, 3.8) is 0 Å². The normalized spacial score (nSPS) is 12.9. The second-order valence-corrected chi connectivity index (χ2v) is 11.0. The van der Waals surface area contributed by atoms with E-state index in [9.17, 15) is 31.2 Å². The molecule has 2 amide bonds. The lowest BCUT2D eigenvalue weighted by atomic mass is 10.1. The van der Waals surface area contributed by atoms with Crippen LogP contribution in [-0.2, 0) is 10.0 Å². The Kier molecular flexibility index (Phi) is 8.72. The lowest BCUT2D eigenvalue weighted by Gasteiger charge is -2.19. The Labute approximate surface area is 228 Å². The van der Waals surface area contributed by atoms with E-state index in [0.717, 1.165) is 17.4 Å². The molecule has 206 valence electrons. The Morgan fingerprint density at radius 1 is 1.18 bits per heavy atom. The fourth-order valence-corrected chi connectivity index (χ4v) is 6.25. The third kappa shape index (κ3) is 5.93. The number of nitrogens with one attached hydrogen (secondary N) is 1. The Hall–Kier alpha value is -2.79. The van der Waals surface area contributed by atoms with Gasteiger partial charge in [0.15, 0.2) is 5.01 Å². The molecule has 0 saturated heterocycles. The minimum absolute atomic E-state index is 0.0139. The third-order valence-electron chi connectivity index (χ3n) is 5.10. The van der Waals surface area contributed by atoms with Crippen LogP contribution in [0.4, 0.5) is 13.2 Å². The molecule has 0 aliphatic carbocycles. The van der Waals surface area contributed by atoms with Gasteiger partial charge in [0.2, 0.25) is 10.0 Å². The fourth-order valence-electron chi connectivity index (χ4n) is 3.09. The number of nitrogens with zero attached hydrogens (tertiary/aromatic N) is 4. The number of primary amides is 1. The summed E-state index contributed by atoms with van der Waals surface area (Å²) >= 11 is 13.4. The maximum absolute atomic E-state index is 13.2. The quantitative estimate of drug-likeness (QED) is 0.366. The molecule has 0 spiro atoms. The van der Waals surface area contributed by atoms with Crippen LogP contribution < -0.4 is 10.5 Å². The largest absolute Gasteiger partial charge is 0.410 e. The number of carbonyl (C=O) groups excluding carboxylic acids is 2. The van der Waals surface area contributed by atoms with Crippen molar-refractivity contribution in [2.24, 2.45) is 5.73 Å². The summed E-state index contributed by atoms with van der Waals surface area (Å²) in [4.78, 5) is 29.7. The van der Waals surface area contributed by atoms with E-state index in [-0.39, 0.29) is 32.1 Å². The average molecular weight is 615 g/mol. The van der Waals surface area contributed by atoms with Crippen molar-refractivity contribution in [3.8, 4) is 21.3 Å². The summed E-state index contributed by atoms with van der Waals surface area (Å²) < 4.78 is 70.7. The van der Waals surface area contributed by atoms with Gasteiger partial charge in [-0.2, -0.15) is 17.9 Å². The van der Waals surface area contributed by atoms with E-state index in [0.29, 0.717) is 20.0 Å². The van der Waals surface area contributed by atoms with Crippen molar-refractivity contribution in [2.75, 3.05) is 13.1 Å². The maximum atomic E-state index is 13.2. The second-order valence-electron chi connectivity index (χ2n) is 7.57. The number of hydrogen-bond donors (Lipinski definition) is 2. The van der Waals surface area contributed by atoms with E-state index >= 15 is 0 Å². The van der Waals surface area contributed by atoms with Gasteiger partial charge in [0.05, 0.1) is 14.9 Å². The van der Waals surface area contributed by atoms with Crippen LogP contribution in [0.25, 0.3) is 21.3 Å². The second kappa shape index (κ2) is 11.1. The first kappa shape index (κ1) is 29.8. The number of alkyl halides is 3. The smallest absolute Gasteiger partial charge is 0.404 e. The molecule has 1 aromatic carbocycles. The first-order valence-corrected chi connectivity index (χ1v) is 13.7. The molecule has 2 heterocycles. The van der Waals surface area contributed by atoms with Gasteiger partial charge >= 0.3 is 18.0 Å². The van der Waals surface area contributed by atoms with Gasteiger partial charge in [-0.1, -0.05) is 29.3 Å². The number of carbonyl (C=O) groups is 2. The van der Waals surface area contributed by atoms with Gasteiger partial charge in [0.25, 0.3) is 11.8 Å². The number of rotatable bonds is 9. The molecular formula is C20H19Cl2F3N6O5S2. The van der Waals surface area contributed by atoms with E-state index in [1.54, 1.807) is 13.8 Å². The molecule has 0 fully saturated rings. The molecular weight excluding hydrogens is 596 g/mol. The van der Waals surface area contributed by atoms with E-state index in [1.165, 1.54) is 15.7 Å². The summed E-state index contributed by atoms with van der Waals surface area (Å²) in [6, 6.07) is -0.262. The van der Waals surface area contributed by atoms with Crippen LogP contribution in [0, 0.1) is 0 Å². The molecule has 0 unspecified atom stereocenters. The number of nitrogens with two attached hydrogens (primary N) is 1. The Balaban J connectivity index is 2.16. The van der Waals surface area contributed by atoms with Crippen molar-refractivity contribution in [1.29, 1.82) is 0 Å². The van der Waals surface area contributed by atoms with Gasteiger partial charge in [-0.3, -0.25) is 9.59 Å². The Morgan fingerprint density at radius 2 is 1.82 bits per heavy atom. The van der Waals surface area contributed by atoms with Crippen molar-refractivity contribution >= 4 is 56.4 Å². The van der Waals surface area contributed by atoms with Crippen LogP contribution in [0.5, 0.6) is 0 Å². The van der Waals surface area contributed by atoms with Crippen LogP contribution in [0.1, 0.15) is 41.9 Å². The van der Waals surface area contributed by atoms with E-state index in [4.69, 9.17) is 33.4 Å². The number of hydrogen-bond acceptors (Lipinski definition) is 9. The molecule has 3 aromatic rings. The lowest BCUT2D eigenvalue weighted by molar-refractivity contribution is -0.147. The Bertz CT molecular complexity index is 1490. The standard InChI is InChI=1S/C20H19Cl2F3N6O5S2/c1-4-31(5-2)19(33)13-14(37-18(27-13)17-29-28-16(36-17)15(26)32)9-6-7-10(12(22)11(9)21)38(34,35)30-8(3)20(23,24)25/h6-8,30H,4-5H2,1-3H3,(H2,26,32)/t8-/m0/s1. The van der Waals surface area contributed by atoms with E-state index < -0.39 is 49.9 Å². The van der Waals surface area contributed by atoms with Crippen molar-refractivity contribution < 1.29 is 35.6 Å². The van der Waals surface area contributed by atoms with Gasteiger partial charge in [-0.15, -0.1) is 21.5 Å². The predicted molar refractivity (Wildman–Crippen MR) is 132 cm³/mol. The zero-order valence-electron chi connectivity index (χ0n) is 19.8. The highest BCUT2D eigenvalue weighted by Gasteiger charge is 2.39. The molecule has 38 heavy (non-hydrogen) atoms. The summed E-state index contributed by atoms with van der Waals surface area (Å²) in [5, 5.41) is 6.29. The summed E-state index contributed by atoms with van der Waals surface area (Å²) in [5.41, 5.74) is 5.08. The molecule has 0 aliphatic rings. The highest BCUT2D eigenvalue weighted by molar-refractivity contribution is 7.89. The molecule has 2 aromatic heterocycles. The summed E-state index contributed by atoms with van der Waals surface area (Å²) in [7, 11) is -4.74. The molecule has 11 nitrogen and oxygen atoms in total. The molecule has 0 radical (unpaired) electrons. The SMILES string of the molecule is CCN(CC)C(=O)c1nc(-c2nnc(C(N)=O)o2)sc1-c1ccc(S(=O)(=O)N[C@@H](C)C(F)(F)F)c(Cl)c1Cl. The maximum Gasteiger partial charge on any atom is 0.404 e. The average Bonchev–Trinajstić information content (AvgIpc) is 3.48. The van der Waals surface area contributed by atoms with Crippen molar-refractivity contribution in [3.05, 3.63) is 33.8 Å². The minimum Gasteiger partial charge on any atom is -0.410 e. The van der Waals surface area contributed by atoms with Crippen molar-refractivity contribution in [2.45, 2.75) is 37.9 Å². The molecule has 0 bridgehead atoms. The highest BCUT2D eigenvalue weighted by atomic mass is 35.5. The minimum atomic E-state index is -4.84. The molecule has 18 heteroatoms. The van der Waals surface area contributed by atoms with Crippen molar-refractivity contribution in [1.82, 2.24) is 24.8 Å². The van der Waals surface area contributed by atoms with Crippen LogP contribution >= 0.6 is 34.5 Å². The molecule has 3 rings (SSSR count). The van der Waals surface area contributed by atoms with Gasteiger partial charge < -0.3 is 15.1 Å². The Morgan fingerprint density at radius 3 is 2.34 bits per heavy atom. The van der Waals surface area contributed by atoms with Gasteiger partial charge in [-0.05, 0) is 26.8 Å². The zero-order valence-corrected chi connectivity index (χ0v) is 22.9. The number of benzene rings is 1. The predicted octanol–water partition coefficient (Wildman–Crippen LogP) is 3.98. The first-order chi connectivity index (χ1) is 17.6. The number of aromatic nitrogens is 3. The van der Waals surface area contributed by atoms with Crippen LogP contribution in [0.15, 0.2) is 21.4 Å². The van der Waals surface area contributed by atoms with E-state index in [1.807, 2.05) is 0 Å². The van der Waals surface area contributed by atoms with Crippen LogP contribution in [0.3, 0.4) is 0 Å². The zero-order chi connectivity index (χ0) is 28.6. The molecule has 3 N–H and O–H groups in total. The first-order valence-electron chi connectivity index (χ1n) is 10.6. The number of thiazole rings is 1. The monoisotopic (exact) mass is 614 g/mol. The van der Waals surface area contributed by atoms with Crippen LogP contribution in [0.2, 0.25) is 10.0 Å². The van der Waals surface area contributed by atoms with Crippen LogP contribution in [-0.4, -0.2) is 65.6 Å². The van der Waals surface area contributed by atoms with Gasteiger partial charge in [0.1, 0.15) is 16.6 Å². The fraction of sp³-hybridized carbons (Fsp3) is 0.350. The topological polar surface area (TPSA) is 161 Å². The number of halogens is 5. The molecule has 1 atom stereocenters. The molecule has 0 aliphatic heterocycles. The molecule has 0 saturated carbocycles. The number of sulfonamides is 1. The lowest BCUT2D eigenvalue weighted by Crippen LogP contribution is -2.43. The summed E-state index contributed by atoms with van der Waals surface area (Å²) in [6.45, 7) is 4.76. The van der Waals surface area contributed by atoms with Gasteiger partial charge in [0, 0.05) is 18.7 Å². The highest BCUT2D eigenvalue weighted by Crippen LogP contribution is 2.43. The van der Waals surface area contributed by atoms with E-state index in [2.05, 4.69) is 15.2 Å².